The third kappa shape index (κ3) is 2.43. The van der Waals surface area contributed by atoms with E-state index in [9.17, 15) is 13.9 Å². The van der Waals surface area contributed by atoms with Crippen LogP contribution in [0.15, 0.2) is 40.9 Å². The summed E-state index contributed by atoms with van der Waals surface area (Å²) in [5.41, 5.74) is 1.07. The van der Waals surface area contributed by atoms with E-state index in [0.29, 0.717) is 21.3 Å². The van der Waals surface area contributed by atoms with Gasteiger partial charge in [-0.3, -0.25) is 0 Å². The van der Waals surface area contributed by atoms with Gasteiger partial charge >= 0.3 is 0 Å². The maximum absolute atomic E-state index is 13.6. The molecule has 1 aliphatic rings. The fourth-order valence-corrected chi connectivity index (χ4v) is 2.58. The number of ether oxygens (including phenoxy) is 1. The SMILES string of the molecule is OC1CC(c2ccc(Br)c(F)c2)Oc2ccc(F)cc21. The minimum Gasteiger partial charge on any atom is -0.485 e. The molecule has 0 fully saturated rings. The van der Waals surface area contributed by atoms with Crippen LogP contribution >= 0.6 is 15.9 Å². The van der Waals surface area contributed by atoms with Gasteiger partial charge in [-0.2, -0.15) is 0 Å². The Balaban J connectivity index is 1.94. The maximum Gasteiger partial charge on any atom is 0.137 e. The highest BCUT2D eigenvalue weighted by Gasteiger charge is 2.28. The minimum absolute atomic E-state index is 0.261. The third-order valence-electron chi connectivity index (χ3n) is 3.35. The first kappa shape index (κ1) is 13.5. The van der Waals surface area contributed by atoms with Crippen molar-refractivity contribution in [3.63, 3.8) is 0 Å². The average Bonchev–Trinajstić information content (AvgIpc) is 2.42. The van der Waals surface area contributed by atoms with Gasteiger partial charge in [0.15, 0.2) is 0 Å². The summed E-state index contributed by atoms with van der Waals surface area (Å²) in [4.78, 5) is 0. The Bertz CT molecular complexity index is 660. The monoisotopic (exact) mass is 340 g/mol. The molecule has 0 aromatic heterocycles. The molecule has 0 saturated carbocycles. The molecular formula is C15H11BrF2O2. The summed E-state index contributed by atoms with van der Waals surface area (Å²) in [7, 11) is 0. The summed E-state index contributed by atoms with van der Waals surface area (Å²) < 4.78 is 32.8. The number of hydrogen-bond donors (Lipinski definition) is 1. The van der Waals surface area contributed by atoms with Gasteiger partial charge < -0.3 is 9.84 Å². The molecule has 1 aliphatic heterocycles. The van der Waals surface area contributed by atoms with Crippen LogP contribution in [0.3, 0.4) is 0 Å². The minimum atomic E-state index is -0.828. The first-order valence-electron chi connectivity index (χ1n) is 6.13. The smallest absolute Gasteiger partial charge is 0.137 e. The predicted octanol–water partition coefficient (Wildman–Crippen LogP) is 4.28. The number of halogens is 3. The van der Waals surface area contributed by atoms with Crippen LogP contribution in [-0.2, 0) is 0 Å². The van der Waals surface area contributed by atoms with E-state index in [-0.39, 0.29) is 12.2 Å². The van der Waals surface area contributed by atoms with Gasteiger partial charge in [0.1, 0.15) is 23.5 Å². The van der Waals surface area contributed by atoms with Crippen molar-refractivity contribution in [3.05, 3.63) is 63.6 Å². The van der Waals surface area contributed by atoms with Crippen molar-refractivity contribution in [2.45, 2.75) is 18.6 Å². The van der Waals surface area contributed by atoms with Gasteiger partial charge in [0.25, 0.3) is 0 Å². The number of aliphatic hydroxyl groups excluding tert-OH is 1. The zero-order valence-electron chi connectivity index (χ0n) is 10.3. The molecule has 0 aliphatic carbocycles. The number of hydrogen-bond acceptors (Lipinski definition) is 2. The van der Waals surface area contributed by atoms with Crippen LogP contribution in [0.2, 0.25) is 0 Å². The van der Waals surface area contributed by atoms with E-state index in [1.165, 1.54) is 24.3 Å². The quantitative estimate of drug-likeness (QED) is 0.839. The molecule has 104 valence electrons. The van der Waals surface area contributed by atoms with E-state index >= 15 is 0 Å². The maximum atomic E-state index is 13.6. The Morgan fingerprint density at radius 1 is 1.15 bits per heavy atom. The first-order chi connectivity index (χ1) is 9.54. The topological polar surface area (TPSA) is 29.5 Å². The highest BCUT2D eigenvalue weighted by Crippen LogP contribution is 2.41. The summed E-state index contributed by atoms with van der Waals surface area (Å²) in [5.74, 6) is -0.372. The van der Waals surface area contributed by atoms with E-state index in [4.69, 9.17) is 4.74 Å². The Kier molecular flexibility index (Phi) is 3.48. The molecule has 0 spiro atoms. The first-order valence-corrected chi connectivity index (χ1v) is 6.93. The third-order valence-corrected chi connectivity index (χ3v) is 4.00. The van der Waals surface area contributed by atoms with Gasteiger partial charge in [0.05, 0.1) is 10.6 Å². The van der Waals surface area contributed by atoms with Crippen molar-refractivity contribution in [1.82, 2.24) is 0 Å². The number of fused-ring (bicyclic) bond motifs is 1. The average molecular weight is 341 g/mol. The van der Waals surface area contributed by atoms with Gasteiger partial charge in [0, 0.05) is 12.0 Å². The van der Waals surface area contributed by atoms with Gasteiger partial charge in [-0.05, 0) is 51.8 Å². The molecule has 0 bridgehead atoms. The van der Waals surface area contributed by atoms with Crippen molar-refractivity contribution in [1.29, 1.82) is 0 Å². The van der Waals surface area contributed by atoms with E-state index in [0.717, 1.165) is 0 Å². The number of aliphatic hydroxyl groups is 1. The van der Waals surface area contributed by atoms with Crippen molar-refractivity contribution in [2.24, 2.45) is 0 Å². The molecule has 1 heterocycles. The molecule has 3 rings (SSSR count). The van der Waals surface area contributed by atoms with Crippen molar-refractivity contribution in [2.75, 3.05) is 0 Å². The molecule has 5 heteroatoms. The Labute approximate surface area is 123 Å². The van der Waals surface area contributed by atoms with Crippen LogP contribution in [-0.4, -0.2) is 5.11 Å². The van der Waals surface area contributed by atoms with Gasteiger partial charge in [-0.1, -0.05) is 6.07 Å². The molecule has 2 nitrogen and oxygen atoms in total. The molecule has 2 aromatic rings. The lowest BCUT2D eigenvalue weighted by Crippen LogP contribution is -2.19. The van der Waals surface area contributed by atoms with Crippen LogP contribution in [0.5, 0.6) is 5.75 Å². The largest absolute Gasteiger partial charge is 0.485 e. The second kappa shape index (κ2) is 5.14. The van der Waals surface area contributed by atoms with E-state index in [2.05, 4.69) is 15.9 Å². The van der Waals surface area contributed by atoms with Crippen molar-refractivity contribution in [3.8, 4) is 5.75 Å². The number of rotatable bonds is 1. The van der Waals surface area contributed by atoms with E-state index in [1.54, 1.807) is 12.1 Å². The summed E-state index contributed by atoms with van der Waals surface area (Å²) in [5, 5.41) is 10.1. The normalized spacial score (nSPS) is 21.2. The van der Waals surface area contributed by atoms with E-state index in [1.807, 2.05) is 0 Å². The molecule has 1 N–H and O–H groups in total. The highest BCUT2D eigenvalue weighted by molar-refractivity contribution is 9.10. The van der Waals surface area contributed by atoms with Crippen molar-refractivity contribution >= 4 is 15.9 Å². The van der Waals surface area contributed by atoms with Gasteiger partial charge in [-0.15, -0.1) is 0 Å². The van der Waals surface area contributed by atoms with Gasteiger partial charge in [0.2, 0.25) is 0 Å². The molecule has 0 amide bonds. The lowest BCUT2D eigenvalue weighted by atomic mass is 9.95. The summed E-state index contributed by atoms with van der Waals surface area (Å²) in [6.07, 6.45) is -1.02. The van der Waals surface area contributed by atoms with E-state index < -0.39 is 18.0 Å². The lowest BCUT2D eigenvalue weighted by Gasteiger charge is -2.30. The predicted molar refractivity (Wildman–Crippen MR) is 73.4 cm³/mol. The highest BCUT2D eigenvalue weighted by atomic mass is 79.9. The van der Waals surface area contributed by atoms with Crippen LogP contribution in [0, 0.1) is 11.6 Å². The molecule has 0 saturated heterocycles. The molecule has 2 unspecified atom stereocenters. The standard InChI is InChI=1S/C15H11BrF2O2/c16-11-3-1-8(5-12(11)18)15-7-13(19)10-6-9(17)2-4-14(10)20-15/h1-6,13,15,19H,7H2. The van der Waals surface area contributed by atoms with Crippen LogP contribution in [0.4, 0.5) is 8.78 Å². The zero-order chi connectivity index (χ0) is 14.3. The Hall–Kier alpha value is -1.46. The van der Waals surface area contributed by atoms with Crippen LogP contribution in [0.1, 0.15) is 29.8 Å². The molecule has 2 aromatic carbocycles. The van der Waals surface area contributed by atoms with Crippen LogP contribution in [0.25, 0.3) is 0 Å². The second-order valence-electron chi connectivity index (χ2n) is 4.71. The molecular weight excluding hydrogens is 330 g/mol. The van der Waals surface area contributed by atoms with Crippen LogP contribution < -0.4 is 4.74 Å². The zero-order valence-corrected chi connectivity index (χ0v) is 11.9. The Morgan fingerprint density at radius 2 is 1.95 bits per heavy atom. The summed E-state index contributed by atoms with van der Waals surface area (Å²) >= 11 is 3.09. The summed E-state index contributed by atoms with van der Waals surface area (Å²) in [6.45, 7) is 0. The fraction of sp³-hybridized carbons (Fsp3) is 0.200. The van der Waals surface area contributed by atoms with Crippen molar-refractivity contribution < 1.29 is 18.6 Å². The number of benzene rings is 2. The second-order valence-corrected chi connectivity index (χ2v) is 5.57. The Morgan fingerprint density at radius 3 is 2.70 bits per heavy atom. The fourth-order valence-electron chi connectivity index (χ4n) is 2.33. The lowest BCUT2D eigenvalue weighted by molar-refractivity contribution is 0.0652. The molecule has 0 radical (unpaired) electrons. The summed E-state index contributed by atoms with van der Waals surface area (Å²) in [6, 6.07) is 8.72. The van der Waals surface area contributed by atoms with Gasteiger partial charge in [-0.25, -0.2) is 8.78 Å². The molecule has 20 heavy (non-hydrogen) atoms. The molecule has 2 atom stereocenters.